The van der Waals surface area contributed by atoms with Crippen LogP contribution in [0.2, 0.25) is 0 Å². The number of hydrogen-bond acceptors (Lipinski definition) is 2. The van der Waals surface area contributed by atoms with Gasteiger partial charge >= 0.3 is 0 Å². The lowest BCUT2D eigenvalue weighted by Crippen LogP contribution is -2.08. The minimum absolute atomic E-state index is 0.388. The van der Waals surface area contributed by atoms with Crippen LogP contribution in [0.5, 0.6) is 5.75 Å². The molecule has 1 aromatic carbocycles. The molecule has 0 aliphatic rings. The first kappa shape index (κ1) is 15.7. The van der Waals surface area contributed by atoms with E-state index in [4.69, 9.17) is 4.74 Å². The second kappa shape index (κ2) is 7.98. The number of Topliss-reactive ketones (excluding diaryl/α,β-unsaturated/α-hetero) is 1. The number of carbonyl (C=O) groups excluding carboxylic acids is 1. The SMILES string of the molecule is CCCC(=O)CC(C)Cc1ccc(OCC)cc1C. The first-order chi connectivity index (χ1) is 9.06. The number of rotatable bonds is 8. The second-order valence-electron chi connectivity index (χ2n) is 5.32. The van der Waals surface area contributed by atoms with Crippen molar-refractivity contribution < 1.29 is 9.53 Å². The third-order valence-electron chi connectivity index (χ3n) is 3.30. The largest absolute Gasteiger partial charge is 0.494 e. The van der Waals surface area contributed by atoms with Crippen molar-refractivity contribution >= 4 is 5.78 Å². The molecule has 0 N–H and O–H groups in total. The highest BCUT2D eigenvalue weighted by Gasteiger charge is 2.11. The molecule has 106 valence electrons. The van der Waals surface area contributed by atoms with Gasteiger partial charge in [0.05, 0.1) is 6.61 Å². The fourth-order valence-electron chi connectivity index (χ4n) is 2.37. The molecule has 0 spiro atoms. The van der Waals surface area contributed by atoms with Gasteiger partial charge in [-0.05, 0) is 55.9 Å². The van der Waals surface area contributed by atoms with E-state index in [-0.39, 0.29) is 0 Å². The van der Waals surface area contributed by atoms with Gasteiger partial charge in [-0.3, -0.25) is 4.79 Å². The lowest BCUT2D eigenvalue weighted by molar-refractivity contribution is -0.119. The smallest absolute Gasteiger partial charge is 0.133 e. The van der Waals surface area contributed by atoms with Gasteiger partial charge < -0.3 is 4.74 Å². The average Bonchev–Trinajstić information content (AvgIpc) is 2.33. The molecule has 0 aliphatic heterocycles. The van der Waals surface area contributed by atoms with Crippen LogP contribution in [0.1, 0.15) is 51.2 Å². The summed E-state index contributed by atoms with van der Waals surface area (Å²) in [4.78, 5) is 11.6. The van der Waals surface area contributed by atoms with Crippen molar-refractivity contribution in [2.24, 2.45) is 5.92 Å². The summed E-state index contributed by atoms with van der Waals surface area (Å²) in [6.07, 6.45) is 3.33. The highest BCUT2D eigenvalue weighted by atomic mass is 16.5. The molecule has 0 fully saturated rings. The molecule has 1 unspecified atom stereocenters. The summed E-state index contributed by atoms with van der Waals surface area (Å²) in [6, 6.07) is 6.23. The molecule has 1 rings (SSSR count). The van der Waals surface area contributed by atoms with Gasteiger partial charge in [0.25, 0.3) is 0 Å². The molecule has 1 atom stereocenters. The van der Waals surface area contributed by atoms with Crippen LogP contribution < -0.4 is 4.74 Å². The number of carbonyl (C=O) groups is 1. The van der Waals surface area contributed by atoms with Crippen LogP contribution in [0.15, 0.2) is 18.2 Å². The van der Waals surface area contributed by atoms with Gasteiger partial charge in [0.2, 0.25) is 0 Å². The van der Waals surface area contributed by atoms with Crippen LogP contribution in [-0.2, 0) is 11.2 Å². The van der Waals surface area contributed by atoms with Crippen LogP contribution in [0.4, 0.5) is 0 Å². The van der Waals surface area contributed by atoms with Crippen molar-refractivity contribution in [2.45, 2.75) is 53.4 Å². The Kier molecular flexibility index (Phi) is 6.61. The van der Waals surface area contributed by atoms with E-state index in [9.17, 15) is 4.79 Å². The summed E-state index contributed by atoms with van der Waals surface area (Å²) in [7, 11) is 0. The monoisotopic (exact) mass is 262 g/mol. The first-order valence-corrected chi connectivity index (χ1v) is 7.30. The van der Waals surface area contributed by atoms with Crippen molar-refractivity contribution in [3.63, 3.8) is 0 Å². The Hall–Kier alpha value is -1.31. The Morgan fingerprint density at radius 2 is 2.05 bits per heavy atom. The van der Waals surface area contributed by atoms with Gasteiger partial charge in [0.15, 0.2) is 0 Å². The molecular formula is C17H26O2. The van der Waals surface area contributed by atoms with E-state index < -0.39 is 0 Å². The first-order valence-electron chi connectivity index (χ1n) is 7.30. The number of ether oxygens (including phenoxy) is 1. The molecule has 0 saturated carbocycles. The molecule has 0 bridgehead atoms. The van der Waals surface area contributed by atoms with E-state index in [1.165, 1.54) is 11.1 Å². The quantitative estimate of drug-likeness (QED) is 0.697. The fraction of sp³-hybridized carbons (Fsp3) is 0.588. The zero-order chi connectivity index (χ0) is 14.3. The number of benzene rings is 1. The Bertz CT molecular complexity index is 410. The maximum atomic E-state index is 11.6. The van der Waals surface area contributed by atoms with Gasteiger partial charge in [-0.25, -0.2) is 0 Å². The minimum atomic E-state index is 0.388. The van der Waals surface area contributed by atoms with Crippen molar-refractivity contribution in [3.05, 3.63) is 29.3 Å². The summed E-state index contributed by atoms with van der Waals surface area (Å²) in [5.41, 5.74) is 2.57. The third-order valence-corrected chi connectivity index (χ3v) is 3.30. The van der Waals surface area contributed by atoms with Crippen LogP contribution >= 0.6 is 0 Å². The summed E-state index contributed by atoms with van der Waals surface area (Å²) < 4.78 is 5.49. The van der Waals surface area contributed by atoms with Gasteiger partial charge in [-0.2, -0.15) is 0 Å². The van der Waals surface area contributed by atoms with Crippen molar-refractivity contribution in [3.8, 4) is 5.75 Å². The molecule has 0 heterocycles. The van der Waals surface area contributed by atoms with E-state index in [0.717, 1.165) is 18.6 Å². The van der Waals surface area contributed by atoms with Gasteiger partial charge in [0, 0.05) is 12.8 Å². The number of hydrogen-bond donors (Lipinski definition) is 0. The molecule has 1 aromatic rings. The van der Waals surface area contributed by atoms with E-state index in [1.54, 1.807) is 0 Å². The number of aryl methyl sites for hydroxylation is 1. The molecular weight excluding hydrogens is 236 g/mol. The van der Waals surface area contributed by atoms with E-state index in [0.29, 0.717) is 31.1 Å². The predicted molar refractivity (Wildman–Crippen MR) is 79.7 cm³/mol. The Balaban J connectivity index is 2.59. The van der Waals surface area contributed by atoms with Crippen LogP contribution in [0.3, 0.4) is 0 Å². The Morgan fingerprint density at radius 3 is 2.63 bits per heavy atom. The third kappa shape index (κ3) is 5.46. The second-order valence-corrected chi connectivity index (χ2v) is 5.32. The fourth-order valence-corrected chi connectivity index (χ4v) is 2.37. The van der Waals surface area contributed by atoms with Gasteiger partial charge in [-0.15, -0.1) is 0 Å². The highest BCUT2D eigenvalue weighted by Crippen LogP contribution is 2.21. The van der Waals surface area contributed by atoms with Crippen LogP contribution in [0, 0.1) is 12.8 Å². The summed E-state index contributed by atoms with van der Waals surface area (Å²) >= 11 is 0. The topological polar surface area (TPSA) is 26.3 Å². The molecule has 2 nitrogen and oxygen atoms in total. The van der Waals surface area contributed by atoms with Crippen LogP contribution in [0.25, 0.3) is 0 Å². The highest BCUT2D eigenvalue weighted by molar-refractivity contribution is 5.78. The van der Waals surface area contributed by atoms with Gasteiger partial charge in [0.1, 0.15) is 11.5 Å². The van der Waals surface area contributed by atoms with E-state index in [1.807, 2.05) is 13.0 Å². The summed E-state index contributed by atoms with van der Waals surface area (Å²) in [5.74, 6) is 1.73. The molecule has 0 aromatic heterocycles. The molecule has 0 amide bonds. The van der Waals surface area contributed by atoms with Crippen LogP contribution in [-0.4, -0.2) is 12.4 Å². The van der Waals surface area contributed by atoms with Crippen molar-refractivity contribution in [2.75, 3.05) is 6.61 Å². The molecule has 2 heteroatoms. The lowest BCUT2D eigenvalue weighted by atomic mass is 9.92. The van der Waals surface area contributed by atoms with Crippen molar-refractivity contribution in [1.82, 2.24) is 0 Å². The average molecular weight is 262 g/mol. The standard InChI is InChI=1S/C17H26O2/c1-5-7-16(18)11-13(3)10-15-8-9-17(19-6-2)12-14(15)4/h8-9,12-13H,5-7,10-11H2,1-4H3. The zero-order valence-electron chi connectivity index (χ0n) is 12.7. The van der Waals surface area contributed by atoms with Crippen molar-refractivity contribution in [1.29, 1.82) is 0 Å². The minimum Gasteiger partial charge on any atom is -0.494 e. The van der Waals surface area contributed by atoms with Gasteiger partial charge in [-0.1, -0.05) is 19.9 Å². The molecule has 19 heavy (non-hydrogen) atoms. The van der Waals surface area contributed by atoms with E-state index in [2.05, 4.69) is 32.9 Å². The number of ketones is 1. The molecule has 0 radical (unpaired) electrons. The maximum absolute atomic E-state index is 11.6. The normalized spacial score (nSPS) is 12.2. The van der Waals surface area contributed by atoms with E-state index >= 15 is 0 Å². The summed E-state index contributed by atoms with van der Waals surface area (Å²) in [5, 5.41) is 0. The Labute approximate surface area is 117 Å². The molecule has 0 aliphatic carbocycles. The Morgan fingerprint density at radius 1 is 1.32 bits per heavy atom. The lowest BCUT2D eigenvalue weighted by Gasteiger charge is -2.14. The summed E-state index contributed by atoms with van der Waals surface area (Å²) in [6.45, 7) is 9.01. The molecule has 0 saturated heterocycles. The maximum Gasteiger partial charge on any atom is 0.133 e. The zero-order valence-corrected chi connectivity index (χ0v) is 12.7. The predicted octanol–water partition coefficient (Wildman–Crippen LogP) is 4.33.